The maximum atomic E-state index is 11.2. The van der Waals surface area contributed by atoms with Crippen LogP contribution >= 0.6 is 0 Å². The van der Waals surface area contributed by atoms with Crippen molar-refractivity contribution >= 4 is 0 Å². The fraction of sp³-hybridized carbons (Fsp3) is 0.364. The quantitative estimate of drug-likeness (QED) is 0.825. The predicted molar refractivity (Wildman–Crippen MR) is 62.2 cm³/mol. The van der Waals surface area contributed by atoms with Gasteiger partial charge in [-0.25, -0.2) is 0 Å². The summed E-state index contributed by atoms with van der Waals surface area (Å²) in [6, 6.07) is 3.09. The first-order chi connectivity index (χ1) is 8.03. The Morgan fingerprint density at radius 2 is 2.35 bits per heavy atom. The first kappa shape index (κ1) is 11.5. The van der Waals surface area contributed by atoms with Gasteiger partial charge in [-0.05, 0) is 19.4 Å². The van der Waals surface area contributed by atoms with E-state index < -0.39 is 5.54 Å². The molecule has 0 aromatic carbocycles. The van der Waals surface area contributed by atoms with Crippen LogP contribution in [0.3, 0.4) is 0 Å². The van der Waals surface area contributed by atoms with Crippen molar-refractivity contribution in [3.63, 3.8) is 0 Å². The zero-order chi connectivity index (χ0) is 12.5. The van der Waals surface area contributed by atoms with E-state index in [4.69, 9.17) is 10.3 Å². The van der Waals surface area contributed by atoms with E-state index in [1.54, 1.807) is 6.07 Å². The molecule has 0 bridgehead atoms. The molecule has 3 N–H and O–H groups in total. The summed E-state index contributed by atoms with van der Waals surface area (Å²) < 4.78 is 5.10. The molecular formula is C11H14N4O2. The molecule has 2 aromatic rings. The van der Waals surface area contributed by atoms with E-state index in [1.165, 1.54) is 12.3 Å². The summed E-state index contributed by atoms with van der Waals surface area (Å²) in [5, 5.41) is 3.84. The van der Waals surface area contributed by atoms with Crippen molar-refractivity contribution in [2.45, 2.75) is 25.8 Å². The number of hydrogen-bond donors (Lipinski definition) is 2. The highest BCUT2D eigenvalue weighted by atomic mass is 16.5. The zero-order valence-electron chi connectivity index (χ0n) is 9.73. The van der Waals surface area contributed by atoms with E-state index in [0.717, 1.165) is 0 Å². The topological polar surface area (TPSA) is 97.8 Å². The van der Waals surface area contributed by atoms with Crippen LogP contribution in [-0.2, 0) is 5.54 Å². The second-order valence-corrected chi connectivity index (χ2v) is 4.14. The minimum absolute atomic E-state index is 0.215. The lowest BCUT2D eigenvalue weighted by molar-refractivity contribution is 0.379. The van der Waals surface area contributed by atoms with Gasteiger partial charge in [0, 0.05) is 17.8 Å². The number of hydrogen-bond acceptors (Lipinski definition) is 5. The number of aromatic nitrogens is 3. The van der Waals surface area contributed by atoms with Crippen molar-refractivity contribution in [3.05, 3.63) is 34.5 Å². The van der Waals surface area contributed by atoms with E-state index in [2.05, 4.69) is 15.1 Å². The molecule has 17 heavy (non-hydrogen) atoms. The Balaban J connectivity index is 2.40. The molecule has 0 aliphatic rings. The molecule has 2 rings (SSSR count). The van der Waals surface area contributed by atoms with Crippen LogP contribution in [0.4, 0.5) is 0 Å². The Bertz CT molecular complexity index is 571. The average Bonchev–Trinajstić information content (AvgIpc) is 2.79. The summed E-state index contributed by atoms with van der Waals surface area (Å²) in [6.45, 7) is 3.78. The number of nitrogens with one attached hydrogen (secondary N) is 1. The predicted octanol–water partition coefficient (Wildman–Crippen LogP) is 1.01. The van der Waals surface area contributed by atoms with Gasteiger partial charge in [0.05, 0.1) is 5.54 Å². The Morgan fingerprint density at radius 1 is 1.59 bits per heavy atom. The summed E-state index contributed by atoms with van der Waals surface area (Å²) in [7, 11) is 0. The standard InChI is InChI=1S/C11H14N4O2/c1-3-11(2,12)10-14-9(17-15-10)7-4-5-13-8(16)6-7/h4-6H,3,12H2,1-2H3,(H,13,16). The van der Waals surface area contributed by atoms with E-state index >= 15 is 0 Å². The van der Waals surface area contributed by atoms with E-state index in [9.17, 15) is 4.79 Å². The van der Waals surface area contributed by atoms with Crippen LogP contribution in [0.1, 0.15) is 26.1 Å². The van der Waals surface area contributed by atoms with Crippen molar-refractivity contribution in [1.29, 1.82) is 0 Å². The monoisotopic (exact) mass is 234 g/mol. The molecule has 90 valence electrons. The molecule has 6 nitrogen and oxygen atoms in total. The first-order valence-corrected chi connectivity index (χ1v) is 5.35. The average molecular weight is 234 g/mol. The molecule has 6 heteroatoms. The molecule has 0 amide bonds. The van der Waals surface area contributed by atoms with Crippen LogP contribution in [0.15, 0.2) is 27.6 Å². The smallest absolute Gasteiger partial charge is 0.258 e. The highest BCUT2D eigenvalue weighted by Gasteiger charge is 2.25. The summed E-state index contributed by atoms with van der Waals surface area (Å²) in [4.78, 5) is 17.9. The third-order valence-electron chi connectivity index (χ3n) is 2.69. The minimum Gasteiger partial charge on any atom is -0.334 e. The lowest BCUT2D eigenvalue weighted by atomic mass is 10.0. The Kier molecular flexibility index (Phi) is 2.81. The van der Waals surface area contributed by atoms with Gasteiger partial charge in [-0.1, -0.05) is 12.1 Å². The van der Waals surface area contributed by atoms with Crippen LogP contribution in [0.5, 0.6) is 0 Å². The van der Waals surface area contributed by atoms with Gasteiger partial charge < -0.3 is 15.2 Å². The number of pyridine rings is 1. The highest BCUT2D eigenvalue weighted by Crippen LogP contribution is 2.21. The molecule has 1 atom stereocenters. The van der Waals surface area contributed by atoms with Crippen molar-refractivity contribution in [2.75, 3.05) is 0 Å². The number of nitrogens with zero attached hydrogens (tertiary/aromatic N) is 2. The second-order valence-electron chi connectivity index (χ2n) is 4.14. The molecule has 0 saturated carbocycles. The fourth-order valence-electron chi connectivity index (χ4n) is 1.31. The Hall–Kier alpha value is -1.95. The van der Waals surface area contributed by atoms with Gasteiger partial charge in [-0.15, -0.1) is 0 Å². The summed E-state index contributed by atoms with van der Waals surface area (Å²) >= 11 is 0. The summed E-state index contributed by atoms with van der Waals surface area (Å²) in [5.41, 5.74) is 5.75. The van der Waals surface area contributed by atoms with Gasteiger partial charge in [-0.3, -0.25) is 4.79 Å². The SMILES string of the molecule is CCC(C)(N)c1noc(-c2cc[nH]c(=O)c2)n1. The molecule has 0 fully saturated rings. The highest BCUT2D eigenvalue weighted by molar-refractivity contribution is 5.51. The maximum Gasteiger partial charge on any atom is 0.258 e. The van der Waals surface area contributed by atoms with Crippen LogP contribution < -0.4 is 11.3 Å². The van der Waals surface area contributed by atoms with Crippen LogP contribution in [0, 0.1) is 0 Å². The third kappa shape index (κ3) is 2.26. The first-order valence-electron chi connectivity index (χ1n) is 5.35. The fourth-order valence-corrected chi connectivity index (χ4v) is 1.31. The summed E-state index contributed by atoms with van der Waals surface area (Å²) in [6.07, 6.45) is 2.23. The Labute approximate surface area is 97.9 Å². The van der Waals surface area contributed by atoms with Gasteiger partial charge in [0.1, 0.15) is 0 Å². The maximum absolute atomic E-state index is 11.2. The normalized spacial score (nSPS) is 14.5. The van der Waals surface area contributed by atoms with Gasteiger partial charge >= 0.3 is 0 Å². The zero-order valence-corrected chi connectivity index (χ0v) is 9.73. The molecule has 2 aromatic heterocycles. The van der Waals surface area contributed by atoms with Gasteiger partial charge in [0.15, 0.2) is 5.82 Å². The number of rotatable bonds is 3. The van der Waals surface area contributed by atoms with Crippen LogP contribution in [0.2, 0.25) is 0 Å². The molecule has 2 heterocycles. The molecule has 1 unspecified atom stereocenters. The number of aromatic amines is 1. The molecular weight excluding hydrogens is 220 g/mol. The molecule has 0 spiro atoms. The lowest BCUT2D eigenvalue weighted by Gasteiger charge is -2.16. The molecule has 0 saturated heterocycles. The second kappa shape index (κ2) is 4.14. The van der Waals surface area contributed by atoms with Crippen molar-refractivity contribution < 1.29 is 4.52 Å². The largest absolute Gasteiger partial charge is 0.334 e. The van der Waals surface area contributed by atoms with E-state index in [0.29, 0.717) is 23.7 Å². The Morgan fingerprint density at radius 3 is 3.00 bits per heavy atom. The van der Waals surface area contributed by atoms with Crippen molar-refractivity contribution in [2.24, 2.45) is 5.73 Å². The molecule has 0 aliphatic heterocycles. The van der Waals surface area contributed by atoms with Gasteiger partial charge in [0.25, 0.3) is 5.89 Å². The van der Waals surface area contributed by atoms with Crippen molar-refractivity contribution in [1.82, 2.24) is 15.1 Å². The molecule has 0 radical (unpaired) electrons. The van der Waals surface area contributed by atoms with E-state index in [1.807, 2.05) is 13.8 Å². The minimum atomic E-state index is -0.622. The lowest BCUT2D eigenvalue weighted by Crippen LogP contribution is -2.33. The third-order valence-corrected chi connectivity index (χ3v) is 2.69. The number of H-pyrrole nitrogens is 1. The van der Waals surface area contributed by atoms with Gasteiger partial charge in [0.2, 0.25) is 5.56 Å². The molecule has 0 aliphatic carbocycles. The summed E-state index contributed by atoms with van der Waals surface area (Å²) in [5.74, 6) is 0.742. The number of nitrogens with two attached hydrogens (primary N) is 1. The van der Waals surface area contributed by atoms with Crippen molar-refractivity contribution in [3.8, 4) is 11.5 Å². The van der Waals surface area contributed by atoms with Crippen LogP contribution in [-0.4, -0.2) is 15.1 Å². The van der Waals surface area contributed by atoms with Gasteiger partial charge in [-0.2, -0.15) is 4.98 Å². The van der Waals surface area contributed by atoms with Crippen LogP contribution in [0.25, 0.3) is 11.5 Å². The van der Waals surface area contributed by atoms with E-state index in [-0.39, 0.29) is 5.56 Å².